The van der Waals surface area contributed by atoms with Gasteiger partial charge in [-0.2, -0.15) is 4.98 Å². The van der Waals surface area contributed by atoms with Gasteiger partial charge in [-0.25, -0.2) is 13.8 Å². The minimum atomic E-state index is -1.86. The summed E-state index contributed by atoms with van der Waals surface area (Å²) >= 11 is 0. The smallest absolute Gasteiger partial charge is 0.386 e. The molecule has 0 bridgehead atoms. The molecule has 1 unspecified atom stereocenters. The number of rotatable bonds is 7. The molecule has 0 aliphatic carbocycles. The summed E-state index contributed by atoms with van der Waals surface area (Å²) in [5, 5.41) is 0. The topological polar surface area (TPSA) is 113 Å². The molecule has 0 spiro atoms. The Morgan fingerprint density at radius 1 is 1.20 bits per heavy atom. The molecule has 3 aromatic rings. The lowest BCUT2D eigenvalue weighted by atomic mass is 9.90. The van der Waals surface area contributed by atoms with E-state index in [1.807, 2.05) is 4.57 Å². The third-order valence-corrected chi connectivity index (χ3v) is 8.37. The third-order valence-electron chi connectivity index (χ3n) is 8.37. The van der Waals surface area contributed by atoms with Crippen LogP contribution in [0.1, 0.15) is 50.1 Å². The number of anilines is 1. The number of fused-ring (bicyclic) bond motifs is 1. The number of nitrogens with two attached hydrogens (primary N) is 1. The number of imidazole rings is 1. The Kier molecular flexibility index (Phi) is 7.54. The monoisotopic (exact) mass is 556 g/mol. The molecule has 6 rings (SSSR count). The van der Waals surface area contributed by atoms with E-state index in [-0.39, 0.29) is 30.8 Å². The number of halogens is 2. The number of amides is 1. The lowest BCUT2D eigenvalue weighted by Gasteiger charge is -2.40. The zero-order valence-corrected chi connectivity index (χ0v) is 22.5. The first-order valence-electron chi connectivity index (χ1n) is 14.1. The van der Waals surface area contributed by atoms with Gasteiger partial charge in [0.15, 0.2) is 5.67 Å². The quantitative estimate of drug-likeness (QED) is 0.476. The molecule has 5 heterocycles. The lowest BCUT2D eigenvalue weighted by molar-refractivity contribution is -0.365. The van der Waals surface area contributed by atoms with Crippen molar-refractivity contribution in [3.8, 4) is 6.01 Å². The van der Waals surface area contributed by atoms with Gasteiger partial charge in [-0.3, -0.25) is 20.0 Å². The minimum absolute atomic E-state index is 0.00161. The second-order valence-electron chi connectivity index (χ2n) is 11.1. The highest BCUT2D eigenvalue weighted by molar-refractivity contribution is 5.85. The van der Waals surface area contributed by atoms with Crippen LogP contribution in [0.15, 0.2) is 30.6 Å². The van der Waals surface area contributed by atoms with Crippen LogP contribution in [0.3, 0.4) is 0 Å². The van der Waals surface area contributed by atoms with Gasteiger partial charge in [0.05, 0.1) is 23.3 Å². The van der Waals surface area contributed by atoms with Gasteiger partial charge in [0.25, 0.3) is 11.9 Å². The number of likely N-dealkylation sites (tertiary alicyclic amines) is 2. The highest BCUT2D eigenvalue weighted by Gasteiger charge is 2.45. The van der Waals surface area contributed by atoms with E-state index >= 15 is 4.39 Å². The number of hydrogen-bond acceptors (Lipinski definition) is 7. The number of H-pyrrole nitrogens is 1. The van der Waals surface area contributed by atoms with Crippen LogP contribution in [-0.2, 0) is 16.1 Å². The molecule has 3 fully saturated rings. The van der Waals surface area contributed by atoms with Crippen molar-refractivity contribution in [2.24, 2.45) is 0 Å². The first kappa shape index (κ1) is 26.8. The van der Waals surface area contributed by atoms with E-state index in [0.717, 1.165) is 30.5 Å². The van der Waals surface area contributed by atoms with Gasteiger partial charge in [0, 0.05) is 69.8 Å². The normalized spacial score (nSPS) is 22.1. The predicted molar refractivity (Wildman–Crippen MR) is 143 cm³/mol. The van der Waals surface area contributed by atoms with Gasteiger partial charge in [-0.1, -0.05) is 4.98 Å². The molecule has 40 heavy (non-hydrogen) atoms. The summed E-state index contributed by atoms with van der Waals surface area (Å²) in [5.74, 6) is -0.427. The summed E-state index contributed by atoms with van der Waals surface area (Å²) in [4.78, 5) is 28.7. The summed E-state index contributed by atoms with van der Waals surface area (Å²) in [6, 6.07) is 4.98. The number of carbonyl (C=O) groups excluding carboxylic acids is 1. The largest absolute Gasteiger partial charge is 0.462 e. The van der Waals surface area contributed by atoms with E-state index in [2.05, 4.69) is 19.9 Å². The molecule has 2 aromatic heterocycles. The Labute approximate surface area is 231 Å². The number of aromatic amines is 1. The Morgan fingerprint density at radius 2 is 2.00 bits per heavy atom. The van der Waals surface area contributed by atoms with Crippen LogP contribution in [0.25, 0.3) is 11.0 Å². The Balaban J connectivity index is 1.08. The maximum absolute atomic E-state index is 15.9. The first-order chi connectivity index (χ1) is 19.4. The summed E-state index contributed by atoms with van der Waals surface area (Å²) < 4.78 is 43.7. The molecule has 3 aliphatic rings. The number of benzene rings is 1. The number of aromatic nitrogens is 4. The molecule has 3 aliphatic heterocycles. The maximum atomic E-state index is 15.9. The van der Waals surface area contributed by atoms with Crippen molar-refractivity contribution in [2.45, 2.75) is 62.9 Å². The van der Waals surface area contributed by atoms with Crippen LogP contribution in [0.4, 0.5) is 14.7 Å². The molecule has 12 heteroatoms. The molecule has 0 saturated carbocycles. The molecule has 10 nitrogen and oxygen atoms in total. The SMILES string of the molecule is Nc1ncc(CN2CCC(F)(C(=O)N3CCC(n4c(OCC5CCCO5)nc5cc(F)ccc54)CC3)CC2)c[nH+]1. The van der Waals surface area contributed by atoms with Crippen LogP contribution in [-0.4, -0.2) is 81.4 Å². The molecule has 1 atom stereocenters. The van der Waals surface area contributed by atoms with Crippen molar-refractivity contribution in [3.63, 3.8) is 0 Å². The fourth-order valence-corrected chi connectivity index (χ4v) is 6.08. The number of piperidine rings is 2. The van der Waals surface area contributed by atoms with Gasteiger partial charge in [0.2, 0.25) is 0 Å². The van der Waals surface area contributed by atoms with E-state index in [1.54, 1.807) is 23.4 Å². The highest BCUT2D eigenvalue weighted by atomic mass is 19.1. The van der Waals surface area contributed by atoms with Crippen molar-refractivity contribution >= 4 is 22.9 Å². The average molecular weight is 557 g/mol. The summed E-state index contributed by atoms with van der Waals surface area (Å²) in [6.45, 7) is 3.61. The molecule has 214 valence electrons. The van der Waals surface area contributed by atoms with E-state index in [4.69, 9.17) is 15.2 Å². The summed E-state index contributed by atoms with van der Waals surface area (Å²) in [6.07, 6.45) is 7.07. The van der Waals surface area contributed by atoms with Gasteiger partial charge in [0.1, 0.15) is 18.6 Å². The second-order valence-corrected chi connectivity index (χ2v) is 11.1. The van der Waals surface area contributed by atoms with Gasteiger partial charge < -0.3 is 14.4 Å². The second kappa shape index (κ2) is 11.2. The first-order valence-corrected chi connectivity index (χ1v) is 14.1. The summed E-state index contributed by atoms with van der Waals surface area (Å²) in [7, 11) is 0. The fourth-order valence-electron chi connectivity index (χ4n) is 6.08. The highest BCUT2D eigenvalue weighted by Crippen LogP contribution is 2.35. The molecule has 0 radical (unpaired) electrons. The van der Waals surface area contributed by atoms with Crippen LogP contribution < -0.4 is 15.5 Å². The Bertz CT molecular complexity index is 1330. The molecule has 1 amide bonds. The standard InChI is InChI=1S/C28H35F2N7O3/c29-20-3-4-24-23(14-20)34-27(40-18-22-2-1-13-39-22)37(24)21-5-9-36(10-6-21)25(38)28(30)7-11-35(12-8-28)17-19-15-32-26(31)33-16-19/h3-4,14-16,21-22H,1-2,5-13,17-18H2,(H2,31,32,33)/p+1. The molecular formula is C28H36F2N7O3+. The van der Waals surface area contributed by atoms with Crippen LogP contribution >= 0.6 is 0 Å². The van der Waals surface area contributed by atoms with Crippen molar-refractivity contribution in [1.29, 1.82) is 0 Å². The lowest BCUT2D eigenvalue weighted by Crippen LogP contribution is -2.54. The van der Waals surface area contributed by atoms with Crippen molar-refractivity contribution in [3.05, 3.63) is 42.0 Å². The Morgan fingerprint density at radius 3 is 2.70 bits per heavy atom. The van der Waals surface area contributed by atoms with Crippen LogP contribution in [0, 0.1) is 5.82 Å². The molecule has 3 N–H and O–H groups in total. The van der Waals surface area contributed by atoms with Crippen molar-refractivity contribution < 1.29 is 28.0 Å². The number of carbonyl (C=O) groups is 1. The number of nitrogens with zero attached hydrogens (tertiary/aromatic N) is 5. The van der Waals surface area contributed by atoms with E-state index in [9.17, 15) is 9.18 Å². The van der Waals surface area contributed by atoms with E-state index in [0.29, 0.717) is 69.6 Å². The maximum Gasteiger partial charge on any atom is 0.386 e. The Hall–Kier alpha value is -3.38. The van der Waals surface area contributed by atoms with Gasteiger partial charge in [-0.05, 0) is 37.8 Å². The number of hydrogen-bond donors (Lipinski definition) is 1. The van der Waals surface area contributed by atoms with E-state index < -0.39 is 11.6 Å². The third kappa shape index (κ3) is 5.60. The van der Waals surface area contributed by atoms with Gasteiger partial charge in [-0.15, -0.1) is 0 Å². The van der Waals surface area contributed by atoms with Crippen molar-refractivity contribution in [2.75, 3.05) is 45.1 Å². The van der Waals surface area contributed by atoms with Gasteiger partial charge >= 0.3 is 5.95 Å². The average Bonchev–Trinajstić information content (AvgIpc) is 3.61. The van der Waals surface area contributed by atoms with Crippen LogP contribution in [0.5, 0.6) is 6.01 Å². The zero-order valence-electron chi connectivity index (χ0n) is 22.5. The minimum Gasteiger partial charge on any atom is -0.462 e. The number of nitrogens with one attached hydrogen (secondary N) is 1. The van der Waals surface area contributed by atoms with Crippen molar-refractivity contribution in [1.82, 2.24) is 24.3 Å². The van der Waals surface area contributed by atoms with E-state index in [1.165, 1.54) is 12.1 Å². The molecule has 3 saturated heterocycles. The fraction of sp³-hybridized carbons (Fsp3) is 0.571. The summed E-state index contributed by atoms with van der Waals surface area (Å²) in [5.41, 5.74) is 6.03. The predicted octanol–water partition coefficient (Wildman–Crippen LogP) is 2.69. The zero-order chi connectivity index (χ0) is 27.7. The number of ether oxygens (including phenoxy) is 2. The number of alkyl halides is 1. The molecular weight excluding hydrogens is 520 g/mol. The number of nitrogen functional groups attached to an aromatic ring is 1. The molecule has 1 aromatic carbocycles. The van der Waals surface area contributed by atoms with Crippen LogP contribution in [0.2, 0.25) is 0 Å².